The van der Waals surface area contributed by atoms with Crippen molar-refractivity contribution in [2.45, 2.75) is 65.6 Å². The second-order valence-corrected chi connectivity index (χ2v) is 8.20. The lowest BCUT2D eigenvalue weighted by atomic mass is 9.76. The van der Waals surface area contributed by atoms with Crippen LogP contribution >= 0.6 is 0 Å². The smallest absolute Gasteiger partial charge is 0.308 e. The van der Waals surface area contributed by atoms with Crippen molar-refractivity contribution in [3.05, 3.63) is 0 Å². The summed E-state index contributed by atoms with van der Waals surface area (Å²) in [6.45, 7) is 8.09. The van der Waals surface area contributed by atoms with E-state index >= 15 is 0 Å². The zero-order chi connectivity index (χ0) is 20.5. The number of hydrogen-bond donors (Lipinski definition) is 0. The number of ether oxygens (including phenoxy) is 3. The molecule has 0 aromatic rings. The zero-order valence-corrected chi connectivity index (χ0v) is 16.9. The highest BCUT2D eigenvalue weighted by Crippen LogP contribution is 2.52. The van der Waals surface area contributed by atoms with Crippen molar-refractivity contribution in [1.82, 2.24) is 0 Å². The number of rotatable bonds is 4. The second-order valence-electron chi connectivity index (χ2n) is 8.20. The maximum Gasteiger partial charge on any atom is 0.308 e. The van der Waals surface area contributed by atoms with E-state index in [1.165, 1.54) is 21.0 Å². The van der Waals surface area contributed by atoms with Gasteiger partial charge in [-0.15, -0.1) is 0 Å². The fourth-order valence-electron chi connectivity index (χ4n) is 5.02. The molecule has 27 heavy (non-hydrogen) atoms. The molecule has 0 N–H and O–H groups in total. The summed E-state index contributed by atoms with van der Waals surface area (Å²) < 4.78 is 16.2. The lowest BCUT2D eigenvalue weighted by Crippen LogP contribution is -2.44. The number of hydrogen-bond acceptors (Lipinski definition) is 7. The Morgan fingerprint density at radius 2 is 1.81 bits per heavy atom. The highest BCUT2D eigenvalue weighted by atomic mass is 16.6. The van der Waals surface area contributed by atoms with Gasteiger partial charge in [-0.3, -0.25) is 19.2 Å². The molecule has 152 valence electrons. The lowest BCUT2D eigenvalue weighted by Gasteiger charge is -2.37. The van der Waals surface area contributed by atoms with Crippen LogP contribution in [0.2, 0.25) is 0 Å². The summed E-state index contributed by atoms with van der Waals surface area (Å²) >= 11 is 0. The lowest BCUT2D eigenvalue weighted by molar-refractivity contribution is -0.172. The predicted molar refractivity (Wildman–Crippen MR) is 95.4 cm³/mol. The van der Waals surface area contributed by atoms with Gasteiger partial charge in [0.1, 0.15) is 17.5 Å². The van der Waals surface area contributed by atoms with Gasteiger partial charge in [0.05, 0.1) is 13.0 Å². The van der Waals surface area contributed by atoms with Crippen molar-refractivity contribution in [3.63, 3.8) is 0 Å². The van der Waals surface area contributed by atoms with Crippen LogP contribution in [0.4, 0.5) is 0 Å². The van der Waals surface area contributed by atoms with Crippen LogP contribution in [-0.4, -0.2) is 42.5 Å². The minimum Gasteiger partial charge on any atom is -0.469 e. The van der Waals surface area contributed by atoms with Gasteiger partial charge in [0.2, 0.25) is 0 Å². The summed E-state index contributed by atoms with van der Waals surface area (Å²) in [5, 5.41) is 0. The van der Waals surface area contributed by atoms with Crippen LogP contribution in [0.5, 0.6) is 0 Å². The Morgan fingerprint density at radius 1 is 1.19 bits per heavy atom. The van der Waals surface area contributed by atoms with Gasteiger partial charge in [-0.05, 0) is 19.3 Å². The van der Waals surface area contributed by atoms with Crippen molar-refractivity contribution in [2.24, 2.45) is 29.6 Å². The Labute approximate surface area is 160 Å². The Hall–Kier alpha value is -1.92. The summed E-state index contributed by atoms with van der Waals surface area (Å²) in [5.41, 5.74) is -0.943. The maximum absolute atomic E-state index is 12.4. The average molecular weight is 382 g/mol. The topological polar surface area (TPSA) is 96.0 Å². The van der Waals surface area contributed by atoms with E-state index in [0.717, 1.165) is 0 Å². The van der Waals surface area contributed by atoms with E-state index in [1.54, 1.807) is 13.8 Å². The summed E-state index contributed by atoms with van der Waals surface area (Å²) in [6, 6.07) is 0. The number of carbonyl (C=O) groups excluding carboxylic acids is 4. The van der Waals surface area contributed by atoms with E-state index in [0.29, 0.717) is 12.8 Å². The summed E-state index contributed by atoms with van der Waals surface area (Å²) in [5.74, 6) is -2.40. The van der Waals surface area contributed by atoms with Crippen LogP contribution in [0.25, 0.3) is 0 Å². The first-order valence-electron chi connectivity index (χ1n) is 9.47. The first-order chi connectivity index (χ1) is 12.5. The third kappa shape index (κ3) is 4.33. The van der Waals surface area contributed by atoms with E-state index in [4.69, 9.17) is 14.2 Å². The number of ketones is 1. The zero-order valence-electron chi connectivity index (χ0n) is 16.9. The third-order valence-corrected chi connectivity index (χ3v) is 6.41. The fraction of sp³-hybridized carbons (Fsp3) is 0.800. The molecule has 0 aromatic carbocycles. The molecule has 2 saturated carbocycles. The standard InChI is InChI=1S/C20H30O7/c1-10-14-7-15(11(2)19(24)25-6)18(26-12(3)21)9-20(5,27-13(4)22)16(14)8-17(10)23/h10-11,14-16,18H,7-9H2,1-6H3/t10-,11+,14+,15-,16-,18+,20-/m1/s1. The van der Waals surface area contributed by atoms with Gasteiger partial charge in [0.25, 0.3) is 0 Å². The van der Waals surface area contributed by atoms with Crippen LogP contribution in [0.3, 0.4) is 0 Å². The van der Waals surface area contributed by atoms with Crippen molar-refractivity contribution in [2.75, 3.05) is 7.11 Å². The Kier molecular flexibility index (Phi) is 6.32. The molecule has 7 nitrogen and oxygen atoms in total. The Bertz CT molecular complexity index is 628. The molecular formula is C20H30O7. The summed E-state index contributed by atoms with van der Waals surface area (Å²) in [7, 11) is 1.32. The van der Waals surface area contributed by atoms with Crippen LogP contribution in [0.1, 0.15) is 53.9 Å². The van der Waals surface area contributed by atoms with Gasteiger partial charge >= 0.3 is 17.9 Å². The molecule has 2 aliphatic carbocycles. The van der Waals surface area contributed by atoms with Crippen molar-refractivity contribution >= 4 is 23.7 Å². The molecule has 0 spiro atoms. The number of Topliss-reactive ketones (excluding diaryl/α,β-unsaturated/α-hetero) is 1. The molecule has 0 heterocycles. The SMILES string of the molecule is COC(=O)[C@@H](C)[C@H]1C[C@@H]2[C@@H](CC(=O)[C@@H]2C)[C@](C)(OC(C)=O)C[C@@H]1OC(C)=O. The van der Waals surface area contributed by atoms with E-state index in [1.807, 2.05) is 6.92 Å². The molecular weight excluding hydrogens is 352 g/mol. The van der Waals surface area contributed by atoms with E-state index in [2.05, 4.69) is 0 Å². The highest BCUT2D eigenvalue weighted by molar-refractivity contribution is 5.84. The van der Waals surface area contributed by atoms with Gasteiger partial charge in [-0.2, -0.15) is 0 Å². The molecule has 0 radical (unpaired) electrons. The van der Waals surface area contributed by atoms with Gasteiger partial charge in [-0.25, -0.2) is 0 Å². The minimum atomic E-state index is -0.943. The quantitative estimate of drug-likeness (QED) is 0.544. The number of methoxy groups -OCH3 is 1. The molecule has 0 aromatic heterocycles. The summed E-state index contributed by atoms with van der Waals surface area (Å²) in [6.07, 6.45) is 0.498. The molecule has 0 amide bonds. The van der Waals surface area contributed by atoms with Crippen LogP contribution in [-0.2, 0) is 33.4 Å². The van der Waals surface area contributed by atoms with Gasteiger partial charge in [0, 0.05) is 44.4 Å². The molecule has 0 aliphatic heterocycles. The number of fused-ring (bicyclic) bond motifs is 1. The molecule has 2 rings (SSSR count). The normalized spacial score (nSPS) is 37.0. The number of carbonyl (C=O) groups is 4. The third-order valence-electron chi connectivity index (χ3n) is 6.41. The molecule has 0 unspecified atom stereocenters. The van der Waals surface area contributed by atoms with E-state index in [-0.39, 0.29) is 41.8 Å². The van der Waals surface area contributed by atoms with Gasteiger partial charge in [0.15, 0.2) is 0 Å². The average Bonchev–Trinajstić information content (AvgIpc) is 2.78. The van der Waals surface area contributed by atoms with E-state index < -0.39 is 29.6 Å². The first-order valence-corrected chi connectivity index (χ1v) is 9.47. The first kappa shape index (κ1) is 21.4. The monoisotopic (exact) mass is 382 g/mol. The molecule has 2 aliphatic rings. The number of esters is 3. The van der Waals surface area contributed by atoms with Crippen LogP contribution in [0, 0.1) is 29.6 Å². The van der Waals surface area contributed by atoms with E-state index in [9.17, 15) is 19.2 Å². The predicted octanol–water partition coefficient (Wildman–Crippen LogP) is 2.30. The van der Waals surface area contributed by atoms with Gasteiger partial charge < -0.3 is 14.2 Å². The highest BCUT2D eigenvalue weighted by Gasteiger charge is 2.56. The maximum atomic E-state index is 12.4. The molecule has 2 fully saturated rings. The van der Waals surface area contributed by atoms with Crippen molar-refractivity contribution in [3.8, 4) is 0 Å². The van der Waals surface area contributed by atoms with Crippen LogP contribution in [0.15, 0.2) is 0 Å². The Balaban J connectivity index is 2.49. The fourth-order valence-corrected chi connectivity index (χ4v) is 5.02. The second kappa shape index (κ2) is 7.98. The largest absolute Gasteiger partial charge is 0.469 e. The molecule has 7 atom stereocenters. The Morgan fingerprint density at radius 3 is 2.33 bits per heavy atom. The summed E-state index contributed by atoms with van der Waals surface area (Å²) in [4.78, 5) is 48.2. The van der Waals surface area contributed by atoms with Crippen LogP contribution < -0.4 is 0 Å². The molecule has 0 bridgehead atoms. The van der Waals surface area contributed by atoms with Crippen molar-refractivity contribution in [1.29, 1.82) is 0 Å². The molecule has 0 saturated heterocycles. The molecule has 7 heteroatoms. The minimum absolute atomic E-state index is 0.0560. The van der Waals surface area contributed by atoms with Crippen molar-refractivity contribution < 1.29 is 33.4 Å². The van der Waals surface area contributed by atoms with Gasteiger partial charge in [-0.1, -0.05) is 13.8 Å².